The molecule has 1 saturated heterocycles. The Morgan fingerprint density at radius 3 is 2.80 bits per heavy atom. The van der Waals surface area contributed by atoms with E-state index in [9.17, 15) is 4.79 Å². The molecule has 0 bridgehead atoms. The van der Waals surface area contributed by atoms with E-state index in [4.69, 9.17) is 5.73 Å². The summed E-state index contributed by atoms with van der Waals surface area (Å²) in [4.78, 5) is 14.0. The summed E-state index contributed by atoms with van der Waals surface area (Å²) in [5.74, 6) is 0.934. The first-order chi connectivity index (χ1) is 7.06. The summed E-state index contributed by atoms with van der Waals surface area (Å²) in [6.45, 7) is 7.98. The van der Waals surface area contributed by atoms with Gasteiger partial charge < -0.3 is 10.6 Å². The van der Waals surface area contributed by atoms with Gasteiger partial charge in [-0.2, -0.15) is 0 Å². The molecule has 2 N–H and O–H groups in total. The third-order valence-corrected chi connectivity index (χ3v) is 3.43. The van der Waals surface area contributed by atoms with Crippen molar-refractivity contribution >= 4 is 5.91 Å². The van der Waals surface area contributed by atoms with E-state index in [1.807, 2.05) is 11.8 Å². The van der Waals surface area contributed by atoms with Crippen LogP contribution < -0.4 is 5.73 Å². The molecule has 0 spiro atoms. The third kappa shape index (κ3) is 3.20. The van der Waals surface area contributed by atoms with Crippen molar-refractivity contribution in [3.8, 4) is 0 Å². The number of nitrogens with zero attached hydrogens (tertiary/aromatic N) is 1. The molecule has 15 heavy (non-hydrogen) atoms. The minimum absolute atomic E-state index is 0.177. The lowest BCUT2D eigenvalue weighted by Gasteiger charge is -2.36. The Bertz CT molecular complexity index is 218. The molecule has 3 atom stereocenters. The Kier molecular flexibility index (Phi) is 4.58. The maximum Gasteiger partial charge on any atom is 0.225 e. The highest BCUT2D eigenvalue weighted by atomic mass is 16.2. The molecule has 0 aromatic heterocycles. The molecule has 1 rings (SSSR count). The van der Waals surface area contributed by atoms with Crippen LogP contribution in [0.15, 0.2) is 0 Å². The molecule has 3 heteroatoms. The average Bonchev–Trinajstić information content (AvgIpc) is 2.21. The highest BCUT2D eigenvalue weighted by Crippen LogP contribution is 2.18. The summed E-state index contributed by atoms with van der Waals surface area (Å²) in [6, 6.07) is 0.274. The topological polar surface area (TPSA) is 46.3 Å². The van der Waals surface area contributed by atoms with Crippen LogP contribution in [0.1, 0.15) is 40.0 Å². The summed E-state index contributed by atoms with van der Waals surface area (Å²) in [5.41, 5.74) is 5.94. The van der Waals surface area contributed by atoms with Crippen molar-refractivity contribution in [3.63, 3.8) is 0 Å². The highest BCUT2D eigenvalue weighted by Gasteiger charge is 2.28. The number of piperidine rings is 1. The quantitative estimate of drug-likeness (QED) is 0.772. The normalized spacial score (nSPS) is 28.9. The van der Waals surface area contributed by atoms with Crippen LogP contribution in [0.25, 0.3) is 0 Å². The zero-order valence-electron chi connectivity index (χ0n) is 10.2. The molecule has 1 aliphatic heterocycles. The standard InChI is InChI=1S/C12H24N2O/c1-4-5-9(2)12(15)14-7-6-11(13)10(3)8-14/h9-11H,4-8,13H2,1-3H3. The molecule has 3 unspecified atom stereocenters. The number of carbonyl (C=O) groups excluding carboxylic acids is 1. The summed E-state index contributed by atoms with van der Waals surface area (Å²) in [7, 11) is 0. The Morgan fingerprint density at radius 1 is 1.60 bits per heavy atom. The molecule has 0 aromatic rings. The molecule has 1 aliphatic rings. The van der Waals surface area contributed by atoms with Crippen molar-refractivity contribution in [2.75, 3.05) is 13.1 Å². The Hall–Kier alpha value is -0.570. The fraction of sp³-hybridized carbons (Fsp3) is 0.917. The first-order valence-electron chi connectivity index (χ1n) is 6.10. The first kappa shape index (κ1) is 12.5. The molecular formula is C12H24N2O. The van der Waals surface area contributed by atoms with E-state index >= 15 is 0 Å². The fourth-order valence-corrected chi connectivity index (χ4v) is 2.23. The molecule has 0 aromatic carbocycles. The van der Waals surface area contributed by atoms with Crippen LogP contribution in [0.4, 0.5) is 0 Å². The average molecular weight is 212 g/mol. The zero-order valence-corrected chi connectivity index (χ0v) is 10.2. The summed E-state index contributed by atoms with van der Waals surface area (Å²) in [6.07, 6.45) is 3.03. The number of hydrogen-bond donors (Lipinski definition) is 1. The summed E-state index contributed by atoms with van der Waals surface area (Å²) >= 11 is 0. The lowest BCUT2D eigenvalue weighted by molar-refractivity contribution is -0.137. The van der Waals surface area contributed by atoms with Crippen molar-refractivity contribution in [1.82, 2.24) is 4.90 Å². The molecule has 88 valence electrons. The largest absolute Gasteiger partial charge is 0.342 e. The predicted octanol–water partition coefficient (Wildman–Crippen LogP) is 1.62. The Morgan fingerprint density at radius 2 is 2.27 bits per heavy atom. The van der Waals surface area contributed by atoms with Gasteiger partial charge in [-0.1, -0.05) is 27.2 Å². The van der Waals surface area contributed by atoms with E-state index in [2.05, 4.69) is 13.8 Å². The SMILES string of the molecule is CCCC(C)C(=O)N1CCC(N)C(C)C1. The first-order valence-corrected chi connectivity index (χ1v) is 6.10. The molecule has 0 aliphatic carbocycles. The molecule has 0 saturated carbocycles. The monoisotopic (exact) mass is 212 g/mol. The molecule has 0 radical (unpaired) electrons. The van der Waals surface area contributed by atoms with Gasteiger partial charge in [0.25, 0.3) is 0 Å². The van der Waals surface area contributed by atoms with Crippen molar-refractivity contribution in [1.29, 1.82) is 0 Å². The maximum atomic E-state index is 12.0. The summed E-state index contributed by atoms with van der Waals surface area (Å²) in [5, 5.41) is 0. The van der Waals surface area contributed by atoms with E-state index in [1.165, 1.54) is 0 Å². The number of nitrogens with two attached hydrogens (primary N) is 1. The van der Waals surface area contributed by atoms with E-state index < -0.39 is 0 Å². The van der Waals surface area contributed by atoms with Crippen molar-refractivity contribution < 1.29 is 4.79 Å². The summed E-state index contributed by atoms with van der Waals surface area (Å²) < 4.78 is 0. The number of likely N-dealkylation sites (tertiary alicyclic amines) is 1. The number of rotatable bonds is 3. The van der Waals surface area contributed by atoms with Gasteiger partial charge >= 0.3 is 0 Å². The lowest BCUT2D eigenvalue weighted by Crippen LogP contribution is -2.49. The third-order valence-electron chi connectivity index (χ3n) is 3.43. The van der Waals surface area contributed by atoms with Gasteiger partial charge in [0.1, 0.15) is 0 Å². The second kappa shape index (κ2) is 5.50. The molecule has 3 nitrogen and oxygen atoms in total. The molecule has 1 fully saturated rings. The number of amides is 1. The van der Waals surface area contributed by atoms with Gasteiger partial charge in [-0.05, 0) is 18.8 Å². The van der Waals surface area contributed by atoms with Crippen LogP contribution in [0.3, 0.4) is 0 Å². The van der Waals surface area contributed by atoms with Crippen molar-refractivity contribution in [2.45, 2.75) is 46.1 Å². The van der Waals surface area contributed by atoms with Crippen LogP contribution in [0.2, 0.25) is 0 Å². The van der Waals surface area contributed by atoms with Crippen LogP contribution in [-0.2, 0) is 4.79 Å². The smallest absolute Gasteiger partial charge is 0.225 e. The van der Waals surface area contributed by atoms with Gasteiger partial charge in [-0.15, -0.1) is 0 Å². The predicted molar refractivity (Wildman–Crippen MR) is 62.4 cm³/mol. The fourth-order valence-electron chi connectivity index (χ4n) is 2.23. The second-order valence-corrected chi connectivity index (χ2v) is 4.90. The van der Waals surface area contributed by atoms with Crippen LogP contribution in [-0.4, -0.2) is 29.9 Å². The van der Waals surface area contributed by atoms with E-state index in [0.717, 1.165) is 32.4 Å². The van der Waals surface area contributed by atoms with Crippen molar-refractivity contribution in [2.24, 2.45) is 17.6 Å². The van der Waals surface area contributed by atoms with Crippen molar-refractivity contribution in [3.05, 3.63) is 0 Å². The molecule has 1 amide bonds. The Labute approximate surface area is 93.0 Å². The highest BCUT2D eigenvalue weighted by molar-refractivity contribution is 5.78. The van der Waals surface area contributed by atoms with Gasteiger partial charge in [0, 0.05) is 25.0 Å². The van der Waals surface area contributed by atoms with E-state index in [0.29, 0.717) is 11.8 Å². The van der Waals surface area contributed by atoms with Gasteiger partial charge in [-0.3, -0.25) is 4.79 Å². The van der Waals surface area contributed by atoms with Crippen LogP contribution in [0.5, 0.6) is 0 Å². The maximum absolute atomic E-state index is 12.0. The molecule has 1 heterocycles. The van der Waals surface area contributed by atoms with Crippen LogP contribution >= 0.6 is 0 Å². The van der Waals surface area contributed by atoms with Crippen LogP contribution in [0, 0.1) is 11.8 Å². The van der Waals surface area contributed by atoms with Gasteiger partial charge in [0.15, 0.2) is 0 Å². The van der Waals surface area contributed by atoms with Gasteiger partial charge in [-0.25, -0.2) is 0 Å². The van der Waals surface area contributed by atoms with Gasteiger partial charge in [0.05, 0.1) is 0 Å². The van der Waals surface area contributed by atoms with E-state index in [1.54, 1.807) is 0 Å². The zero-order chi connectivity index (χ0) is 11.4. The van der Waals surface area contributed by atoms with Gasteiger partial charge in [0.2, 0.25) is 5.91 Å². The number of hydrogen-bond acceptors (Lipinski definition) is 2. The Balaban J connectivity index is 2.47. The van der Waals surface area contributed by atoms with E-state index in [-0.39, 0.29) is 12.0 Å². The minimum atomic E-state index is 0.177. The number of carbonyl (C=O) groups is 1. The lowest BCUT2D eigenvalue weighted by atomic mass is 9.93. The molecular weight excluding hydrogens is 188 g/mol. The minimum Gasteiger partial charge on any atom is -0.342 e. The second-order valence-electron chi connectivity index (χ2n) is 4.90.